The third-order valence-electron chi connectivity index (χ3n) is 1.50. The van der Waals surface area contributed by atoms with Gasteiger partial charge in [-0.25, -0.2) is 4.39 Å². The normalized spacial score (nSPS) is 9.93. The fourth-order valence-corrected chi connectivity index (χ4v) is 0.937. The van der Waals surface area contributed by atoms with Crippen molar-refractivity contribution < 1.29 is 17.9 Å². The van der Waals surface area contributed by atoms with Crippen molar-refractivity contribution in [3.8, 4) is 11.8 Å². The van der Waals surface area contributed by atoms with E-state index in [1.807, 2.05) is 6.07 Å². The van der Waals surface area contributed by atoms with E-state index in [4.69, 9.17) is 5.26 Å². The van der Waals surface area contributed by atoms with Gasteiger partial charge in [0.1, 0.15) is 0 Å². The number of nitriles is 1. The SMILES string of the molecule is N#CCc1ccc(OC(F)F)c(F)c1. The van der Waals surface area contributed by atoms with Crippen molar-refractivity contribution in [2.75, 3.05) is 0 Å². The highest BCUT2D eigenvalue weighted by atomic mass is 19.3. The van der Waals surface area contributed by atoms with E-state index in [1.54, 1.807) is 0 Å². The minimum Gasteiger partial charge on any atom is -0.432 e. The van der Waals surface area contributed by atoms with Gasteiger partial charge in [-0.3, -0.25) is 0 Å². The van der Waals surface area contributed by atoms with Crippen LogP contribution < -0.4 is 4.74 Å². The number of nitrogens with zero attached hydrogens (tertiary/aromatic N) is 1. The zero-order valence-electron chi connectivity index (χ0n) is 7.01. The second kappa shape index (κ2) is 4.51. The Balaban J connectivity index is 2.85. The Bertz CT molecular complexity index is 360. The van der Waals surface area contributed by atoms with Gasteiger partial charge in [-0.1, -0.05) is 6.07 Å². The molecule has 0 aliphatic rings. The van der Waals surface area contributed by atoms with Crippen LogP contribution in [-0.4, -0.2) is 6.61 Å². The highest BCUT2D eigenvalue weighted by molar-refractivity contribution is 5.30. The summed E-state index contributed by atoms with van der Waals surface area (Å²) in [7, 11) is 0. The molecule has 0 amide bonds. The molecule has 0 saturated heterocycles. The molecule has 0 bridgehead atoms. The molecule has 1 rings (SSSR count). The van der Waals surface area contributed by atoms with Crippen LogP contribution in [0.3, 0.4) is 0 Å². The Morgan fingerprint density at radius 2 is 2.14 bits per heavy atom. The molecule has 0 unspecified atom stereocenters. The van der Waals surface area contributed by atoms with Gasteiger partial charge in [-0.05, 0) is 17.7 Å². The Kier molecular flexibility index (Phi) is 3.35. The summed E-state index contributed by atoms with van der Waals surface area (Å²) in [6, 6.07) is 5.26. The second-order valence-electron chi connectivity index (χ2n) is 2.48. The van der Waals surface area contributed by atoms with E-state index < -0.39 is 18.2 Å². The smallest absolute Gasteiger partial charge is 0.387 e. The maximum atomic E-state index is 13.0. The van der Waals surface area contributed by atoms with Crippen molar-refractivity contribution in [1.82, 2.24) is 0 Å². The van der Waals surface area contributed by atoms with Crippen LogP contribution in [0, 0.1) is 17.1 Å². The summed E-state index contributed by atoms with van der Waals surface area (Å²) in [6.45, 7) is -3.05. The summed E-state index contributed by atoms with van der Waals surface area (Å²) in [5, 5.41) is 8.30. The lowest BCUT2D eigenvalue weighted by Gasteiger charge is -2.05. The molecule has 0 aliphatic carbocycles. The summed E-state index contributed by atoms with van der Waals surface area (Å²) < 4.78 is 40.3. The largest absolute Gasteiger partial charge is 0.432 e. The third-order valence-corrected chi connectivity index (χ3v) is 1.50. The third kappa shape index (κ3) is 2.66. The maximum Gasteiger partial charge on any atom is 0.387 e. The van der Waals surface area contributed by atoms with Gasteiger partial charge in [0.15, 0.2) is 11.6 Å². The highest BCUT2D eigenvalue weighted by Crippen LogP contribution is 2.20. The first kappa shape index (κ1) is 10.4. The van der Waals surface area contributed by atoms with E-state index in [9.17, 15) is 13.2 Å². The molecule has 0 saturated carbocycles. The number of hydrogen-bond donors (Lipinski definition) is 0. The van der Waals surface area contributed by atoms with E-state index in [0.29, 0.717) is 5.56 Å². The number of benzene rings is 1. The molecule has 0 radical (unpaired) electrons. The van der Waals surface area contributed by atoms with E-state index in [1.165, 1.54) is 6.07 Å². The quantitative estimate of drug-likeness (QED) is 0.752. The zero-order valence-corrected chi connectivity index (χ0v) is 7.01. The Labute approximate surface area is 78.5 Å². The first-order chi connectivity index (χ1) is 6.63. The van der Waals surface area contributed by atoms with Crippen molar-refractivity contribution in [3.05, 3.63) is 29.6 Å². The van der Waals surface area contributed by atoms with Gasteiger partial charge < -0.3 is 4.74 Å². The zero-order chi connectivity index (χ0) is 10.6. The Hall–Kier alpha value is -1.70. The Morgan fingerprint density at radius 3 is 2.64 bits per heavy atom. The number of halogens is 3. The lowest BCUT2D eigenvalue weighted by atomic mass is 10.1. The van der Waals surface area contributed by atoms with E-state index in [2.05, 4.69) is 4.74 Å². The molecule has 0 heterocycles. The Morgan fingerprint density at radius 1 is 1.43 bits per heavy atom. The van der Waals surface area contributed by atoms with Crippen LogP contribution >= 0.6 is 0 Å². The van der Waals surface area contributed by atoms with E-state index in [0.717, 1.165) is 12.1 Å². The van der Waals surface area contributed by atoms with Crippen molar-refractivity contribution in [2.45, 2.75) is 13.0 Å². The number of alkyl halides is 2. The number of rotatable bonds is 3. The average molecular weight is 201 g/mol. The molecule has 0 atom stereocenters. The molecule has 0 spiro atoms. The summed E-state index contributed by atoms with van der Waals surface area (Å²) in [6.07, 6.45) is 0.0336. The topological polar surface area (TPSA) is 33.0 Å². The monoisotopic (exact) mass is 201 g/mol. The van der Waals surface area contributed by atoms with Gasteiger partial charge in [0.2, 0.25) is 0 Å². The molecular weight excluding hydrogens is 195 g/mol. The molecule has 1 aromatic rings. The fraction of sp³-hybridized carbons (Fsp3) is 0.222. The summed E-state index contributed by atoms with van der Waals surface area (Å²) in [4.78, 5) is 0. The van der Waals surface area contributed by atoms with Gasteiger partial charge in [-0.15, -0.1) is 0 Å². The van der Waals surface area contributed by atoms with Crippen molar-refractivity contribution >= 4 is 0 Å². The van der Waals surface area contributed by atoms with Gasteiger partial charge in [0, 0.05) is 0 Å². The molecule has 5 heteroatoms. The minimum atomic E-state index is -3.05. The molecule has 0 fully saturated rings. The fourth-order valence-electron chi connectivity index (χ4n) is 0.937. The van der Waals surface area contributed by atoms with Crippen molar-refractivity contribution in [3.63, 3.8) is 0 Å². The number of ether oxygens (including phenoxy) is 1. The first-order valence-electron chi connectivity index (χ1n) is 3.73. The summed E-state index contributed by atoms with van der Waals surface area (Å²) in [5.41, 5.74) is 0.423. The van der Waals surface area contributed by atoms with E-state index >= 15 is 0 Å². The van der Waals surface area contributed by atoms with Crippen molar-refractivity contribution in [2.24, 2.45) is 0 Å². The van der Waals surface area contributed by atoms with Crippen LogP contribution in [-0.2, 0) is 6.42 Å². The predicted molar refractivity (Wildman–Crippen MR) is 42.3 cm³/mol. The van der Waals surface area contributed by atoms with Gasteiger partial charge >= 0.3 is 6.61 Å². The van der Waals surface area contributed by atoms with Crippen LogP contribution in [0.4, 0.5) is 13.2 Å². The molecule has 74 valence electrons. The van der Waals surface area contributed by atoms with Crippen LogP contribution in [0.2, 0.25) is 0 Å². The lowest BCUT2D eigenvalue weighted by Crippen LogP contribution is -2.03. The van der Waals surface area contributed by atoms with Crippen LogP contribution in [0.1, 0.15) is 5.56 Å². The van der Waals surface area contributed by atoms with E-state index in [-0.39, 0.29) is 6.42 Å². The molecule has 0 aromatic heterocycles. The van der Waals surface area contributed by atoms with Crippen molar-refractivity contribution in [1.29, 1.82) is 5.26 Å². The average Bonchev–Trinajstić information content (AvgIpc) is 2.10. The van der Waals surface area contributed by atoms with Crippen LogP contribution in [0.5, 0.6) is 5.75 Å². The molecule has 1 aromatic carbocycles. The standard InChI is InChI=1S/C9H6F3NO/c10-7-5-6(3-4-13)1-2-8(7)14-9(11)12/h1-2,5,9H,3H2. The molecule has 14 heavy (non-hydrogen) atoms. The number of hydrogen-bond acceptors (Lipinski definition) is 2. The molecule has 2 nitrogen and oxygen atoms in total. The van der Waals surface area contributed by atoms with Crippen LogP contribution in [0.15, 0.2) is 18.2 Å². The van der Waals surface area contributed by atoms with Gasteiger partial charge in [0.05, 0.1) is 12.5 Å². The van der Waals surface area contributed by atoms with Crippen LogP contribution in [0.25, 0.3) is 0 Å². The molecular formula is C9H6F3NO. The van der Waals surface area contributed by atoms with Gasteiger partial charge in [-0.2, -0.15) is 14.0 Å². The van der Waals surface area contributed by atoms with Gasteiger partial charge in [0.25, 0.3) is 0 Å². The summed E-state index contributed by atoms with van der Waals surface area (Å²) >= 11 is 0. The molecule has 0 N–H and O–H groups in total. The minimum absolute atomic E-state index is 0.0336. The highest BCUT2D eigenvalue weighted by Gasteiger charge is 2.09. The maximum absolute atomic E-state index is 13.0. The second-order valence-corrected chi connectivity index (χ2v) is 2.48. The summed E-state index contributed by atoms with van der Waals surface area (Å²) in [5.74, 6) is -1.40. The first-order valence-corrected chi connectivity index (χ1v) is 3.73. The lowest BCUT2D eigenvalue weighted by molar-refractivity contribution is -0.0522. The predicted octanol–water partition coefficient (Wildman–Crippen LogP) is 2.49. The molecule has 0 aliphatic heterocycles.